The van der Waals surface area contributed by atoms with Crippen molar-refractivity contribution in [3.8, 4) is 0 Å². The maximum atomic E-state index is 11.2. The number of aliphatic carboxylic acids is 1. The molecule has 25 heavy (non-hydrogen) atoms. The van der Waals surface area contributed by atoms with Crippen LogP contribution in [0.15, 0.2) is 53.2 Å². The van der Waals surface area contributed by atoms with Crippen molar-refractivity contribution in [2.24, 2.45) is 5.92 Å². The zero-order valence-corrected chi connectivity index (χ0v) is 14.7. The zero-order valence-electron chi connectivity index (χ0n) is 13.8. The molecule has 1 aliphatic heterocycles. The lowest BCUT2D eigenvalue weighted by Crippen LogP contribution is -2.39. The SMILES string of the molecule is O=C(O)C1CCN(C(c2ccsc2)c2ccc3ccccc3n2)CC1. The lowest BCUT2D eigenvalue weighted by Gasteiger charge is -2.36. The third kappa shape index (κ3) is 3.30. The Kier molecular flexibility index (Phi) is 4.51. The number of carboxylic acids is 1. The van der Waals surface area contributed by atoms with Gasteiger partial charge in [-0.3, -0.25) is 14.7 Å². The number of hydrogen-bond acceptors (Lipinski definition) is 4. The van der Waals surface area contributed by atoms with E-state index < -0.39 is 5.97 Å². The predicted molar refractivity (Wildman–Crippen MR) is 99.8 cm³/mol. The fraction of sp³-hybridized carbons (Fsp3) is 0.300. The number of rotatable bonds is 4. The molecule has 0 aliphatic carbocycles. The predicted octanol–water partition coefficient (Wildman–Crippen LogP) is 4.18. The van der Waals surface area contributed by atoms with E-state index in [0.29, 0.717) is 12.8 Å². The number of carbonyl (C=O) groups is 1. The summed E-state index contributed by atoms with van der Waals surface area (Å²) in [7, 11) is 0. The summed E-state index contributed by atoms with van der Waals surface area (Å²) in [5.74, 6) is -0.889. The Morgan fingerprint density at radius 3 is 2.68 bits per heavy atom. The molecule has 0 saturated carbocycles. The van der Waals surface area contributed by atoms with Crippen molar-refractivity contribution in [3.63, 3.8) is 0 Å². The first kappa shape index (κ1) is 16.2. The van der Waals surface area contributed by atoms with Gasteiger partial charge in [0.1, 0.15) is 0 Å². The van der Waals surface area contributed by atoms with Gasteiger partial charge in [-0.15, -0.1) is 0 Å². The van der Waals surface area contributed by atoms with Crippen molar-refractivity contribution in [2.75, 3.05) is 13.1 Å². The standard InChI is InChI=1S/C20H20N2O2S/c23-20(24)15-7-10-22(11-8-15)19(16-9-12-25-13-16)18-6-5-14-3-1-2-4-17(14)21-18/h1-6,9,12-13,15,19H,7-8,10-11H2,(H,23,24). The van der Waals surface area contributed by atoms with Gasteiger partial charge in [0, 0.05) is 5.39 Å². The van der Waals surface area contributed by atoms with E-state index in [2.05, 4.69) is 39.9 Å². The quantitative estimate of drug-likeness (QED) is 0.765. The van der Waals surface area contributed by atoms with Crippen LogP contribution >= 0.6 is 11.3 Å². The molecule has 1 saturated heterocycles. The molecule has 3 heterocycles. The van der Waals surface area contributed by atoms with Crippen molar-refractivity contribution in [1.82, 2.24) is 9.88 Å². The topological polar surface area (TPSA) is 53.4 Å². The Labute approximate surface area is 150 Å². The van der Waals surface area contributed by atoms with Crippen LogP contribution in [0.2, 0.25) is 0 Å². The maximum absolute atomic E-state index is 11.2. The lowest BCUT2D eigenvalue weighted by molar-refractivity contribution is -0.143. The number of carboxylic acid groups (broad SMARTS) is 1. The van der Waals surface area contributed by atoms with Gasteiger partial charge in [-0.05, 0) is 60.5 Å². The van der Waals surface area contributed by atoms with E-state index in [9.17, 15) is 9.90 Å². The number of thiophene rings is 1. The Balaban J connectivity index is 1.68. The van der Waals surface area contributed by atoms with E-state index in [0.717, 1.165) is 29.7 Å². The van der Waals surface area contributed by atoms with E-state index in [1.807, 2.05) is 18.2 Å². The van der Waals surface area contributed by atoms with Crippen LogP contribution in [0.5, 0.6) is 0 Å². The third-order valence-corrected chi connectivity index (χ3v) is 5.70. The Morgan fingerprint density at radius 1 is 1.16 bits per heavy atom. The third-order valence-electron chi connectivity index (χ3n) is 5.00. The van der Waals surface area contributed by atoms with E-state index in [4.69, 9.17) is 4.98 Å². The molecule has 0 radical (unpaired) electrons. The minimum absolute atomic E-state index is 0.0885. The highest BCUT2D eigenvalue weighted by atomic mass is 32.1. The summed E-state index contributed by atoms with van der Waals surface area (Å²) in [5, 5.41) is 14.7. The maximum Gasteiger partial charge on any atom is 0.306 e. The number of fused-ring (bicyclic) bond motifs is 1. The summed E-state index contributed by atoms with van der Waals surface area (Å²) in [6.07, 6.45) is 1.40. The minimum atomic E-state index is -0.671. The number of aromatic nitrogens is 1. The molecule has 0 amide bonds. The summed E-state index contributed by atoms with van der Waals surface area (Å²) < 4.78 is 0. The molecule has 0 spiro atoms. The van der Waals surface area contributed by atoms with Crippen LogP contribution in [-0.4, -0.2) is 34.0 Å². The summed E-state index contributed by atoms with van der Waals surface area (Å²) in [6, 6.07) is 14.6. The molecule has 1 N–H and O–H groups in total. The second-order valence-corrected chi connectivity index (χ2v) is 7.32. The number of hydrogen-bond donors (Lipinski definition) is 1. The van der Waals surface area contributed by atoms with Crippen LogP contribution in [0.25, 0.3) is 10.9 Å². The van der Waals surface area contributed by atoms with E-state index in [1.165, 1.54) is 5.56 Å². The number of piperidine rings is 1. The van der Waals surface area contributed by atoms with Gasteiger partial charge in [0.15, 0.2) is 0 Å². The van der Waals surface area contributed by atoms with Crippen LogP contribution in [0, 0.1) is 5.92 Å². The fourth-order valence-electron chi connectivity index (χ4n) is 3.64. The molecule has 3 aromatic rings. The van der Waals surface area contributed by atoms with Gasteiger partial charge in [-0.1, -0.05) is 24.3 Å². The molecule has 1 unspecified atom stereocenters. The van der Waals surface area contributed by atoms with Crippen molar-refractivity contribution in [2.45, 2.75) is 18.9 Å². The van der Waals surface area contributed by atoms with Gasteiger partial charge in [0.2, 0.25) is 0 Å². The van der Waals surface area contributed by atoms with E-state index in [-0.39, 0.29) is 12.0 Å². The average Bonchev–Trinajstić information content (AvgIpc) is 3.16. The number of para-hydroxylation sites is 1. The molecule has 128 valence electrons. The molecule has 1 fully saturated rings. The molecule has 4 rings (SSSR count). The Bertz CT molecular complexity index is 870. The fourth-order valence-corrected chi connectivity index (χ4v) is 4.32. The molecule has 4 nitrogen and oxygen atoms in total. The number of nitrogens with zero attached hydrogens (tertiary/aromatic N) is 2. The Hall–Kier alpha value is -2.24. The Morgan fingerprint density at radius 2 is 1.96 bits per heavy atom. The second kappa shape index (κ2) is 6.94. The molecule has 5 heteroatoms. The molecule has 2 aromatic heterocycles. The van der Waals surface area contributed by atoms with Gasteiger partial charge < -0.3 is 5.11 Å². The van der Waals surface area contributed by atoms with Gasteiger partial charge in [-0.25, -0.2) is 0 Å². The van der Waals surface area contributed by atoms with Gasteiger partial charge in [0.05, 0.1) is 23.2 Å². The largest absolute Gasteiger partial charge is 0.481 e. The smallest absolute Gasteiger partial charge is 0.306 e. The van der Waals surface area contributed by atoms with Crippen LogP contribution in [-0.2, 0) is 4.79 Å². The molecule has 1 aromatic carbocycles. The monoisotopic (exact) mass is 352 g/mol. The van der Waals surface area contributed by atoms with E-state index >= 15 is 0 Å². The van der Waals surface area contributed by atoms with Gasteiger partial charge >= 0.3 is 5.97 Å². The molecular weight excluding hydrogens is 332 g/mol. The first-order chi connectivity index (χ1) is 12.2. The van der Waals surface area contributed by atoms with Gasteiger partial charge in [0.25, 0.3) is 0 Å². The first-order valence-electron chi connectivity index (χ1n) is 8.57. The van der Waals surface area contributed by atoms with Crippen molar-refractivity contribution in [3.05, 3.63) is 64.5 Å². The highest BCUT2D eigenvalue weighted by Gasteiger charge is 2.31. The highest BCUT2D eigenvalue weighted by Crippen LogP contribution is 2.33. The lowest BCUT2D eigenvalue weighted by atomic mass is 9.93. The summed E-state index contributed by atoms with van der Waals surface area (Å²) in [6.45, 7) is 1.57. The summed E-state index contributed by atoms with van der Waals surface area (Å²) in [4.78, 5) is 18.5. The van der Waals surface area contributed by atoms with E-state index in [1.54, 1.807) is 11.3 Å². The molecule has 1 atom stereocenters. The molecular formula is C20H20N2O2S. The molecule has 0 bridgehead atoms. The van der Waals surface area contributed by atoms with Crippen molar-refractivity contribution < 1.29 is 9.90 Å². The molecule has 1 aliphatic rings. The minimum Gasteiger partial charge on any atom is -0.481 e. The number of pyridine rings is 1. The second-order valence-electron chi connectivity index (χ2n) is 6.54. The van der Waals surface area contributed by atoms with Gasteiger partial charge in [-0.2, -0.15) is 11.3 Å². The number of likely N-dealkylation sites (tertiary alicyclic amines) is 1. The summed E-state index contributed by atoms with van der Waals surface area (Å²) >= 11 is 1.69. The first-order valence-corrected chi connectivity index (χ1v) is 9.51. The average molecular weight is 352 g/mol. The van der Waals surface area contributed by atoms with Crippen LogP contribution in [0.3, 0.4) is 0 Å². The van der Waals surface area contributed by atoms with Crippen molar-refractivity contribution in [1.29, 1.82) is 0 Å². The zero-order chi connectivity index (χ0) is 17.2. The normalized spacial score (nSPS) is 17.6. The number of benzene rings is 1. The van der Waals surface area contributed by atoms with Crippen LogP contribution in [0.1, 0.15) is 30.1 Å². The van der Waals surface area contributed by atoms with Crippen LogP contribution in [0.4, 0.5) is 0 Å². The van der Waals surface area contributed by atoms with Crippen molar-refractivity contribution >= 4 is 28.2 Å². The summed E-state index contributed by atoms with van der Waals surface area (Å²) in [5.41, 5.74) is 3.27. The van der Waals surface area contributed by atoms with Crippen LogP contribution < -0.4 is 0 Å². The highest BCUT2D eigenvalue weighted by molar-refractivity contribution is 7.08.